The molecule has 1 saturated heterocycles. The molecule has 3 atom stereocenters. The van der Waals surface area contributed by atoms with Crippen molar-refractivity contribution in [2.45, 2.75) is 22.6 Å². The second kappa shape index (κ2) is 9.36. The normalized spacial score (nSPS) is 20.6. The number of primary amides is 1. The number of nitrogens with two attached hydrogens (primary N) is 1. The minimum atomic E-state index is -1.23. The van der Waals surface area contributed by atoms with Crippen molar-refractivity contribution in [3.8, 4) is 0 Å². The Labute approximate surface area is 198 Å². The molecule has 174 valence electrons. The van der Waals surface area contributed by atoms with E-state index in [-0.39, 0.29) is 11.4 Å². The molecule has 4 amide bonds. The average molecular weight is 512 g/mol. The second-order valence-corrected chi connectivity index (χ2v) is 9.84. The first-order valence-electron chi connectivity index (χ1n) is 9.27. The van der Waals surface area contributed by atoms with Gasteiger partial charge in [-0.3, -0.25) is 19.5 Å². The van der Waals surface area contributed by atoms with Crippen LogP contribution in [0.2, 0.25) is 0 Å². The van der Waals surface area contributed by atoms with E-state index in [1.54, 1.807) is 7.05 Å². The number of fused-ring (bicyclic) bond motifs is 1. The summed E-state index contributed by atoms with van der Waals surface area (Å²) in [6.45, 7) is 0. The van der Waals surface area contributed by atoms with Crippen LogP contribution in [-0.2, 0) is 21.4 Å². The molecule has 33 heavy (non-hydrogen) atoms. The second-order valence-electron chi connectivity index (χ2n) is 6.87. The van der Waals surface area contributed by atoms with Crippen LogP contribution in [0.4, 0.5) is 4.79 Å². The maximum atomic E-state index is 12.8. The Kier molecular flexibility index (Phi) is 6.52. The molecule has 0 aromatic carbocycles. The third-order valence-corrected chi connectivity index (χ3v) is 8.07. The molecular formula is C16H17N9O5S3. The molecule has 0 radical (unpaired) electrons. The van der Waals surface area contributed by atoms with Gasteiger partial charge in [0.1, 0.15) is 23.2 Å². The van der Waals surface area contributed by atoms with Gasteiger partial charge < -0.3 is 21.5 Å². The number of thiazole rings is 1. The van der Waals surface area contributed by atoms with Gasteiger partial charge in [0.05, 0.1) is 10.4 Å². The summed E-state index contributed by atoms with van der Waals surface area (Å²) in [5.41, 5.74) is 7.11. The van der Waals surface area contributed by atoms with Crippen LogP contribution in [0.3, 0.4) is 0 Å². The number of carboxylic acid groups (broad SMARTS) is 1. The Hall–Kier alpha value is -3.18. The molecule has 5 N–H and O–H groups in total. The van der Waals surface area contributed by atoms with Crippen molar-refractivity contribution in [2.75, 3.05) is 11.5 Å². The standard InChI is InChI=1S/C16H17N9O5S3/c1-24-16(21-22-23-24)32-4-6-3-31-13-9(12(27)25(13)10(6)14(28)29)19-11(26)8(20-15(17)30)7-2-18-5-33-7/h2,5,8-9,13H,3-4H2,1H3,(H,19,26)(H,28,29)(H3,17,20,30)/t8?,9-,13?/m0/s1. The highest BCUT2D eigenvalue weighted by molar-refractivity contribution is 8.01. The number of tetrazole rings is 1. The summed E-state index contributed by atoms with van der Waals surface area (Å²) < 4.78 is 1.46. The third-order valence-electron chi connectivity index (χ3n) is 4.79. The summed E-state index contributed by atoms with van der Waals surface area (Å²) in [7, 11) is 1.67. The molecule has 0 saturated carbocycles. The van der Waals surface area contributed by atoms with Crippen molar-refractivity contribution in [3.05, 3.63) is 27.9 Å². The summed E-state index contributed by atoms with van der Waals surface area (Å²) in [5.74, 6) is -1.80. The summed E-state index contributed by atoms with van der Waals surface area (Å²) in [4.78, 5) is 54.5. The minimum absolute atomic E-state index is 0.105. The molecule has 17 heteroatoms. The minimum Gasteiger partial charge on any atom is -0.477 e. The van der Waals surface area contributed by atoms with Crippen molar-refractivity contribution >= 4 is 58.7 Å². The molecule has 14 nitrogen and oxygen atoms in total. The monoisotopic (exact) mass is 511 g/mol. The van der Waals surface area contributed by atoms with Crippen molar-refractivity contribution in [1.82, 2.24) is 40.7 Å². The predicted octanol–water partition coefficient (Wildman–Crippen LogP) is -1.09. The van der Waals surface area contributed by atoms with E-state index in [1.165, 1.54) is 44.8 Å². The zero-order valence-electron chi connectivity index (χ0n) is 16.9. The molecule has 2 aromatic rings. The SMILES string of the molecule is Cn1nnnc1SCC1=C(C(=O)O)N2C(=O)[C@H](NC(=O)C(NC(N)=O)c3cncs3)C2SC1. The Morgan fingerprint density at radius 3 is 2.82 bits per heavy atom. The third kappa shape index (κ3) is 4.51. The lowest BCUT2D eigenvalue weighted by atomic mass is 10.0. The van der Waals surface area contributed by atoms with Gasteiger partial charge in [-0.05, 0) is 16.0 Å². The molecule has 2 aliphatic rings. The van der Waals surface area contributed by atoms with Gasteiger partial charge in [-0.15, -0.1) is 28.2 Å². The van der Waals surface area contributed by atoms with E-state index in [4.69, 9.17) is 5.73 Å². The van der Waals surface area contributed by atoms with Gasteiger partial charge in [-0.1, -0.05) is 11.8 Å². The van der Waals surface area contributed by atoms with Crippen LogP contribution in [-0.4, -0.2) is 81.9 Å². The molecule has 2 aliphatic heterocycles. The van der Waals surface area contributed by atoms with Gasteiger partial charge in [0.25, 0.3) is 5.91 Å². The topological polar surface area (TPSA) is 198 Å². The fourth-order valence-electron chi connectivity index (χ4n) is 3.30. The van der Waals surface area contributed by atoms with E-state index in [0.29, 0.717) is 21.4 Å². The Bertz CT molecular complexity index is 1130. The van der Waals surface area contributed by atoms with E-state index in [0.717, 1.165) is 11.3 Å². The number of carbonyl (C=O) groups is 4. The van der Waals surface area contributed by atoms with Gasteiger partial charge in [0.15, 0.2) is 0 Å². The number of aryl methyl sites for hydroxylation is 1. The van der Waals surface area contributed by atoms with E-state index >= 15 is 0 Å². The van der Waals surface area contributed by atoms with Gasteiger partial charge in [0, 0.05) is 24.8 Å². The highest BCUT2D eigenvalue weighted by Gasteiger charge is 2.54. The highest BCUT2D eigenvalue weighted by Crippen LogP contribution is 2.41. The first-order chi connectivity index (χ1) is 15.8. The van der Waals surface area contributed by atoms with Crippen LogP contribution < -0.4 is 16.4 Å². The van der Waals surface area contributed by atoms with Crippen molar-refractivity contribution in [3.63, 3.8) is 0 Å². The average Bonchev–Trinajstić information content (AvgIpc) is 3.45. The van der Waals surface area contributed by atoms with Crippen LogP contribution in [0.15, 0.2) is 28.1 Å². The number of nitrogens with one attached hydrogen (secondary N) is 2. The fraction of sp³-hybridized carbons (Fsp3) is 0.375. The zero-order valence-corrected chi connectivity index (χ0v) is 19.3. The number of carbonyl (C=O) groups excluding carboxylic acids is 3. The molecule has 4 rings (SSSR count). The number of rotatable bonds is 8. The summed E-state index contributed by atoms with van der Waals surface area (Å²) in [5, 5.41) is 25.7. The summed E-state index contributed by atoms with van der Waals surface area (Å²) in [6, 6.07) is -2.97. The molecule has 2 unspecified atom stereocenters. The number of nitrogens with zero attached hydrogens (tertiary/aromatic N) is 6. The number of aromatic nitrogens is 5. The summed E-state index contributed by atoms with van der Waals surface area (Å²) in [6.07, 6.45) is 1.41. The van der Waals surface area contributed by atoms with Crippen molar-refractivity contribution < 1.29 is 24.3 Å². The van der Waals surface area contributed by atoms with E-state index in [9.17, 15) is 24.3 Å². The molecular weight excluding hydrogens is 494 g/mol. The lowest BCUT2D eigenvalue weighted by Crippen LogP contribution is -2.71. The van der Waals surface area contributed by atoms with Gasteiger partial charge >= 0.3 is 12.0 Å². The molecule has 0 spiro atoms. The number of amides is 4. The Morgan fingerprint density at radius 2 is 2.21 bits per heavy atom. The van der Waals surface area contributed by atoms with Gasteiger partial charge in [0.2, 0.25) is 11.1 Å². The first kappa shape index (κ1) is 23.0. The van der Waals surface area contributed by atoms with Crippen LogP contribution in [0.1, 0.15) is 10.9 Å². The van der Waals surface area contributed by atoms with Gasteiger partial charge in [-0.25, -0.2) is 14.3 Å². The highest BCUT2D eigenvalue weighted by atomic mass is 32.2. The van der Waals surface area contributed by atoms with Crippen LogP contribution >= 0.6 is 34.9 Å². The molecule has 2 aromatic heterocycles. The lowest BCUT2D eigenvalue weighted by Gasteiger charge is -2.49. The quantitative estimate of drug-likeness (QED) is 0.248. The summed E-state index contributed by atoms with van der Waals surface area (Å²) >= 11 is 3.73. The van der Waals surface area contributed by atoms with E-state index in [2.05, 4.69) is 31.1 Å². The number of hydrogen-bond donors (Lipinski definition) is 4. The van der Waals surface area contributed by atoms with E-state index in [1.807, 2.05) is 0 Å². The smallest absolute Gasteiger partial charge is 0.352 e. The molecule has 1 fully saturated rings. The number of β-lactam (4-membered cyclic amide) rings is 1. The molecule has 0 bridgehead atoms. The van der Waals surface area contributed by atoms with Crippen molar-refractivity contribution in [1.29, 1.82) is 0 Å². The van der Waals surface area contributed by atoms with E-state index < -0.39 is 41.3 Å². The molecule has 4 heterocycles. The van der Waals surface area contributed by atoms with Crippen molar-refractivity contribution in [2.24, 2.45) is 12.8 Å². The number of carboxylic acids is 1. The van der Waals surface area contributed by atoms with Crippen LogP contribution in [0.5, 0.6) is 0 Å². The fourth-order valence-corrected chi connectivity index (χ4v) is 6.30. The lowest BCUT2D eigenvalue weighted by molar-refractivity contribution is -0.150. The maximum Gasteiger partial charge on any atom is 0.352 e. The van der Waals surface area contributed by atoms with Gasteiger partial charge in [-0.2, -0.15) is 0 Å². The number of thioether (sulfide) groups is 2. The first-order valence-corrected chi connectivity index (χ1v) is 12.2. The predicted molar refractivity (Wildman–Crippen MR) is 117 cm³/mol. The molecule has 0 aliphatic carbocycles. The largest absolute Gasteiger partial charge is 0.477 e. The Balaban J connectivity index is 1.48. The van der Waals surface area contributed by atoms with Crippen LogP contribution in [0, 0.1) is 0 Å². The number of aliphatic carboxylic acids is 1. The Morgan fingerprint density at radius 1 is 1.42 bits per heavy atom. The zero-order chi connectivity index (χ0) is 23.7. The van der Waals surface area contributed by atoms with Crippen LogP contribution in [0.25, 0.3) is 0 Å². The number of urea groups is 1. The number of hydrogen-bond acceptors (Lipinski definition) is 11. The maximum absolute atomic E-state index is 12.8.